The van der Waals surface area contributed by atoms with E-state index in [9.17, 15) is 0 Å². The summed E-state index contributed by atoms with van der Waals surface area (Å²) < 4.78 is 6.90. The van der Waals surface area contributed by atoms with E-state index in [0.717, 1.165) is 21.7 Å². The number of halogens is 2. The average Bonchev–Trinajstić information content (AvgIpc) is 2.82. The lowest BCUT2D eigenvalue weighted by atomic mass is 10.2. The summed E-state index contributed by atoms with van der Waals surface area (Å²) in [7, 11) is 1.96. The van der Waals surface area contributed by atoms with E-state index in [1.54, 1.807) is 11.3 Å². The fourth-order valence-corrected chi connectivity index (χ4v) is 3.33. The predicted molar refractivity (Wildman–Crippen MR) is 85.5 cm³/mol. The first-order valence-corrected chi connectivity index (χ1v) is 8.01. The predicted octanol–water partition coefficient (Wildman–Crippen LogP) is 4.37. The van der Waals surface area contributed by atoms with E-state index in [2.05, 4.69) is 32.7 Å². The minimum Gasteiger partial charge on any atom is -0.492 e. The van der Waals surface area contributed by atoms with Crippen LogP contribution in [-0.4, -0.2) is 19.7 Å². The van der Waals surface area contributed by atoms with Crippen LogP contribution in [0.2, 0.25) is 5.02 Å². The van der Waals surface area contributed by atoms with Crippen molar-refractivity contribution in [2.45, 2.75) is 12.5 Å². The van der Waals surface area contributed by atoms with Crippen molar-refractivity contribution < 1.29 is 4.74 Å². The molecule has 2 aromatic rings. The van der Waals surface area contributed by atoms with Gasteiger partial charge in [0, 0.05) is 32.2 Å². The minimum absolute atomic E-state index is 0.293. The number of likely N-dealkylation sites (N-methyl/N-ethyl adjacent to an activating group) is 1. The van der Waals surface area contributed by atoms with Crippen molar-refractivity contribution in [3.05, 3.63) is 50.1 Å². The summed E-state index contributed by atoms with van der Waals surface area (Å²) in [6.45, 7) is 0.633. The highest BCUT2D eigenvalue weighted by atomic mass is 79.9. The van der Waals surface area contributed by atoms with E-state index in [0.29, 0.717) is 12.6 Å². The Morgan fingerprint density at radius 2 is 2.11 bits per heavy atom. The second-order valence-corrected chi connectivity index (χ2v) is 6.53. The maximum Gasteiger partial charge on any atom is 0.119 e. The molecule has 2 nitrogen and oxygen atoms in total. The average molecular weight is 361 g/mol. The highest BCUT2D eigenvalue weighted by Crippen LogP contribution is 2.21. The van der Waals surface area contributed by atoms with Crippen LogP contribution in [0, 0.1) is 0 Å². The van der Waals surface area contributed by atoms with Gasteiger partial charge in [0.2, 0.25) is 0 Å². The lowest BCUT2D eigenvalue weighted by molar-refractivity contribution is 0.270. The molecule has 5 heteroatoms. The third kappa shape index (κ3) is 4.80. The van der Waals surface area contributed by atoms with Gasteiger partial charge in [-0.2, -0.15) is 0 Å². The molecule has 0 aliphatic carbocycles. The van der Waals surface area contributed by atoms with Crippen LogP contribution in [0.15, 0.2) is 40.2 Å². The number of nitrogens with one attached hydrogen (secondary N) is 1. The lowest BCUT2D eigenvalue weighted by Crippen LogP contribution is -2.33. The highest BCUT2D eigenvalue weighted by molar-refractivity contribution is 9.10. The number of benzene rings is 1. The molecular weight excluding hydrogens is 346 g/mol. The Bertz CT molecular complexity index is 514. The number of hydrogen-bond donors (Lipinski definition) is 1. The van der Waals surface area contributed by atoms with E-state index in [4.69, 9.17) is 16.3 Å². The number of thiophene rings is 1. The zero-order valence-corrected chi connectivity index (χ0v) is 13.7. The molecule has 102 valence electrons. The van der Waals surface area contributed by atoms with Gasteiger partial charge >= 0.3 is 0 Å². The van der Waals surface area contributed by atoms with Crippen LogP contribution in [0.25, 0.3) is 0 Å². The van der Waals surface area contributed by atoms with E-state index < -0.39 is 0 Å². The zero-order valence-electron chi connectivity index (χ0n) is 10.5. The molecule has 1 aromatic carbocycles. The van der Waals surface area contributed by atoms with Gasteiger partial charge in [0.25, 0.3) is 0 Å². The highest BCUT2D eigenvalue weighted by Gasteiger charge is 2.10. The Kier molecular flexibility index (Phi) is 5.70. The van der Waals surface area contributed by atoms with Gasteiger partial charge in [-0.05, 0) is 53.3 Å². The molecule has 1 unspecified atom stereocenters. The van der Waals surface area contributed by atoms with E-state index in [1.807, 2.05) is 31.3 Å². The second-order valence-electron chi connectivity index (χ2n) is 4.19. The summed E-state index contributed by atoms with van der Waals surface area (Å²) in [5.41, 5.74) is 0. The van der Waals surface area contributed by atoms with Crippen molar-refractivity contribution in [3.63, 3.8) is 0 Å². The minimum atomic E-state index is 0.293. The molecule has 2 rings (SSSR count). The zero-order chi connectivity index (χ0) is 13.7. The monoisotopic (exact) mass is 359 g/mol. The summed E-state index contributed by atoms with van der Waals surface area (Å²) in [6.07, 6.45) is 0.959. The fraction of sp³-hybridized carbons (Fsp3) is 0.286. The van der Waals surface area contributed by atoms with Crippen LogP contribution in [0.5, 0.6) is 5.75 Å². The molecule has 0 spiro atoms. The molecule has 0 radical (unpaired) electrons. The van der Waals surface area contributed by atoms with Crippen molar-refractivity contribution in [1.82, 2.24) is 5.32 Å². The number of rotatable bonds is 6. The number of ether oxygens (including phenoxy) is 1. The Hall–Kier alpha value is -0.550. The molecule has 19 heavy (non-hydrogen) atoms. The first-order valence-electron chi connectivity index (χ1n) is 5.96. The van der Waals surface area contributed by atoms with Gasteiger partial charge < -0.3 is 10.1 Å². The summed E-state index contributed by atoms with van der Waals surface area (Å²) in [5, 5.41) is 6.10. The molecule has 1 aromatic heterocycles. The van der Waals surface area contributed by atoms with Crippen LogP contribution < -0.4 is 10.1 Å². The van der Waals surface area contributed by atoms with E-state index in [1.165, 1.54) is 4.88 Å². The smallest absolute Gasteiger partial charge is 0.119 e. The summed E-state index contributed by atoms with van der Waals surface area (Å²) in [6, 6.07) is 9.88. The second kappa shape index (κ2) is 7.29. The Labute approximate surface area is 130 Å². The van der Waals surface area contributed by atoms with Gasteiger partial charge in [0.15, 0.2) is 0 Å². The largest absolute Gasteiger partial charge is 0.492 e. The van der Waals surface area contributed by atoms with Gasteiger partial charge in [0.1, 0.15) is 12.4 Å². The topological polar surface area (TPSA) is 21.3 Å². The molecule has 0 saturated heterocycles. The molecule has 0 fully saturated rings. The van der Waals surface area contributed by atoms with Crippen molar-refractivity contribution >= 4 is 38.9 Å². The SMILES string of the molecule is CNC(COc1ccc(Cl)cc1)Cc1cc(Br)cs1. The van der Waals surface area contributed by atoms with Gasteiger partial charge in [-0.15, -0.1) is 11.3 Å². The molecule has 1 N–H and O–H groups in total. The Balaban J connectivity index is 1.87. The molecule has 0 bridgehead atoms. The normalized spacial score (nSPS) is 12.4. The maximum absolute atomic E-state index is 5.84. The first kappa shape index (κ1) is 14.9. The van der Waals surface area contributed by atoms with Crippen molar-refractivity contribution in [2.75, 3.05) is 13.7 Å². The standard InChI is InChI=1S/C14H15BrClNOS/c1-17-12(7-14-6-10(15)9-19-14)8-18-13-4-2-11(16)3-5-13/h2-6,9,12,17H,7-8H2,1H3. The van der Waals surface area contributed by atoms with Crippen LogP contribution >= 0.6 is 38.9 Å². The lowest BCUT2D eigenvalue weighted by Gasteiger charge is -2.16. The Morgan fingerprint density at radius 1 is 1.37 bits per heavy atom. The maximum atomic E-state index is 5.84. The first-order chi connectivity index (χ1) is 9.17. The van der Waals surface area contributed by atoms with Crippen LogP contribution in [-0.2, 0) is 6.42 Å². The molecular formula is C14H15BrClNOS. The van der Waals surface area contributed by atoms with E-state index >= 15 is 0 Å². The van der Waals surface area contributed by atoms with Gasteiger partial charge in [0.05, 0.1) is 0 Å². The van der Waals surface area contributed by atoms with Crippen molar-refractivity contribution in [1.29, 1.82) is 0 Å². The number of hydrogen-bond acceptors (Lipinski definition) is 3. The summed E-state index contributed by atoms with van der Waals surface area (Å²) in [5.74, 6) is 0.844. The van der Waals surface area contributed by atoms with Crippen molar-refractivity contribution in [3.8, 4) is 5.75 Å². The molecule has 0 aliphatic rings. The third-order valence-electron chi connectivity index (χ3n) is 2.74. The fourth-order valence-electron chi connectivity index (χ4n) is 1.68. The Morgan fingerprint density at radius 3 is 2.68 bits per heavy atom. The van der Waals surface area contributed by atoms with Gasteiger partial charge in [-0.25, -0.2) is 0 Å². The molecule has 0 saturated carbocycles. The molecule has 0 amide bonds. The molecule has 1 heterocycles. The van der Waals surface area contributed by atoms with Gasteiger partial charge in [-0.1, -0.05) is 11.6 Å². The van der Waals surface area contributed by atoms with Gasteiger partial charge in [-0.3, -0.25) is 0 Å². The van der Waals surface area contributed by atoms with Crippen molar-refractivity contribution in [2.24, 2.45) is 0 Å². The van der Waals surface area contributed by atoms with E-state index in [-0.39, 0.29) is 0 Å². The van der Waals surface area contributed by atoms with Crippen LogP contribution in [0.1, 0.15) is 4.88 Å². The van der Waals surface area contributed by atoms with Crippen LogP contribution in [0.4, 0.5) is 0 Å². The quantitative estimate of drug-likeness (QED) is 0.825. The third-order valence-corrected chi connectivity index (χ3v) is 4.71. The summed E-state index contributed by atoms with van der Waals surface area (Å²) >= 11 is 11.1. The molecule has 0 aliphatic heterocycles. The summed E-state index contributed by atoms with van der Waals surface area (Å²) in [4.78, 5) is 1.34. The van der Waals surface area contributed by atoms with Crippen LogP contribution in [0.3, 0.4) is 0 Å². The molecule has 1 atom stereocenters.